The van der Waals surface area contributed by atoms with E-state index in [2.05, 4.69) is 16.4 Å². The van der Waals surface area contributed by atoms with Gasteiger partial charge in [0, 0.05) is 18.8 Å². The number of hydrogen-bond acceptors (Lipinski definition) is 5. The smallest absolute Gasteiger partial charge is 0.141 e. The number of nitrogens with one attached hydrogen (secondary N) is 1. The zero-order valence-electron chi connectivity index (χ0n) is 11.8. The van der Waals surface area contributed by atoms with Gasteiger partial charge >= 0.3 is 0 Å². The average molecular weight is 280 g/mol. The van der Waals surface area contributed by atoms with E-state index < -0.39 is 0 Å². The number of anilines is 1. The molecular weight excluding hydrogens is 264 g/mol. The zero-order chi connectivity index (χ0) is 14.8. The molecular formula is C16H16N4O. The number of rotatable bonds is 3. The number of pyridine rings is 1. The number of nitrogen functional groups attached to an aromatic ring is 1. The fourth-order valence-electron chi connectivity index (χ4n) is 2.74. The molecule has 2 aromatic rings. The Kier molecular flexibility index (Phi) is 3.46. The number of fused-ring (bicyclic) bond motifs is 1. The number of nitrogens with zero attached hydrogens (tertiary/aromatic N) is 2. The highest BCUT2D eigenvalue weighted by Gasteiger charge is 2.27. The first-order valence-corrected chi connectivity index (χ1v) is 6.76. The number of nitrogens with two attached hydrogens (primary N) is 1. The molecule has 5 heteroatoms. The van der Waals surface area contributed by atoms with Gasteiger partial charge in [-0.2, -0.15) is 5.26 Å². The monoisotopic (exact) mass is 280 g/mol. The van der Waals surface area contributed by atoms with E-state index in [0.29, 0.717) is 11.4 Å². The van der Waals surface area contributed by atoms with Crippen molar-refractivity contribution in [3.05, 3.63) is 52.7 Å². The van der Waals surface area contributed by atoms with Crippen molar-refractivity contribution >= 4 is 5.82 Å². The molecule has 1 aromatic heterocycles. The molecule has 0 saturated carbocycles. The molecule has 1 atom stereocenters. The molecule has 0 bridgehead atoms. The van der Waals surface area contributed by atoms with E-state index in [4.69, 9.17) is 10.5 Å². The van der Waals surface area contributed by atoms with Crippen molar-refractivity contribution in [3.63, 3.8) is 0 Å². The summed E-state index contributed by atoms with van der Waals surface area (Å²) >= 11 is 0. The van der Waals surface area contributed by atoms with Crippen LogP contribution in [-0.2, 0) is 13.0 Å². The fraction of sp³-hybridized carbons (Fsp3) is 0.250. The van der Waals surface area contributed by atoms with Crippen molar-refractivity contribution in [1.82, 2.24) is 10.3 Å². The summed E-state index contributed by atoms with van der Waals surface area (Å²) in [6.07, 6.45) is 2.56. The highest BCUT2D eigenvalue weighted by atomic mass is 16.5. The lowest BCUT2D eigenvalue weighted by atomic mass is 9.95. The van der Waals surface area contributed by atoms with Gasteiger partial charge in [-0.25, -0.2) is 4.98 Å². The molecule has 0 saturated heterocycles. The number of nitriles is 1. The van der Waals surface area contributed by atoms with Crippen LogP contribution in [0.25, 0.3) is 0 Å². The molecule has 0 amide bonds. The van der Waals surface area contributed by atoms with Crippen LogP contribution in [0.4, 0.5) is 5.82 Å². The lowest BCUT2D eigenvalue weighted by molar-refractivity contribution is 0.414. The Morgan fingerprint density at radius 1 is 1.43 bits per heavy atom. The van der Waals surface area contributed by atoms with Gasteiger partial charge in [-0.1, -0.05) is 12.1 Å². The summed E-state index contributed by atoms with van der Waals surface area (Å²) in [5.41, 5.74) is 9.54. The van der Waals surface area contributed by atoms with Gasteiger partial charge < -0.3 is 15.8 Å². The Morgan fingerprint density at radius 2 is 2.19 bits per heavy atom. The first kappa shape index (κ1) is 13.4. The Balaban J connectivity index is 1.90. The van der Waals surface area contributed by atoms with Gasteiger partial charge in [-0.05, 0) is 35.2 Å². The van der Waals surface area contributed by atoms with Crippen LogP contribution in [0.5, 0.6) is 5.75 Å². The molecule has 0 fully saturated rings. The molecule has 1 unspecified atom stereocenters. The number of hydrogen-bond donors (Lipinski definition) is 2. The van der Waals surface area contributed by atoms with Crippen molar-refractivity contribution in [2.45, 2.75) is 19.0 Å². The molecule has 1 aliphatic rings. The number of benzene rings is 1. The number of ether oxygens (including phenoxy) is 1. The third-order valence-corrected chi connectivity index (χ3v) is 3.83. The van der Waals surface area contributed by atoms with Gasteiger partial charge in [0.1, 0.15) is 17.6 Å². The Bertz CT molecular complexity index is 703. The van der Waals surface area contributed by atoms with Crippen LogP contribution in [0, 0.1) is 11.3 Å². The molecule has 0 aliphatic carbocycles. The third-order valence-electron chi connectivity index (χ3n) is 3.83. The molecule has 1 aliphatic heterocycles. The van der Waals surface area contributed by atoms with Crippen LogP contribution < -0.4 is 15.8 Å². The maximum absolute atomic E-state index is 9.32. The van der Waals surface area contributed by atoms with Gasteiger partial charge in [-0.15, -0.1) is 0 Å². The van der Waals surface area contributed by atoms with Crippen LogP contribution in [-0.4, -0.2) is 12.1 Å². The normalized spacial score (nSPS) is 16.3. The summed E-state index contributed by atoms with van der Waals surface area (Å²) in [7, 11) is 1.65. The van der Waals surface area contributed by atoms with Gasteiger partial charge in [-0.3, -0.25) is 0 Å². The minimum Gasteiger partial charge on any atom is -0.497 e. The molecule has 5 nitrogen and oxygen atoms in total. The predicted octanol–water partition coefficient (Wildman–Crippen LogP) is 1.93. The van der Waals surface area contributed by atoms with E-state index in [1.807, 2.05) is 24.3 Å². The van der Waals surface area contributed by atoms with E-state index in [-0.39, 0.29) is 6.04 Å². The van der Waals surface area contributed by atoms with E-state index in [0.717, 1.165) is 29.8 Å². The summed E-state index contributed by atoms with van der Waals surface area (Å²) in [6, 6.07) is 10.2. The second-order valence-corrected chi connectivity index (χ2v) is 5.05. The van der Waals surface area contributed by atoms with Crippen LogP contribution >= 0.6 is 0 Å². The fourth-order valence-corrected chi connectivity index (χ4v) is 2.74. The predicted molar refractivity (Wildman–Crippen MR) is 79.6 cm³/mol. The summed E-state index contributed by atoms with van der Waals surface area (Å²) < 4.78 is 5.16. The second-order valence-electron chi connectivity index (χ2n) is 5.05. The standard InChI is InChI=1S/C16H16N4O/c1-21-12-4-2-10(3-5-12)6-14-15-11(8-19-14)9-20-16(18)13(15)7-17/h2-5,9,14,19H,6,8H2,1H3,(H2,18,20). The van der Waals surface area contributed by atoms with Crippen LogP contribution in [0.1, 0.15) is 28.3 Å². The van der Waals surface area contributed by atoms with Crippen LogP contribution in [0.2, 0.25) is 0 Å². The summed E-state index contributed by atoms with van der Waals surface area (Å²) in [5.74, 6) is 1.14. The van der Waals surface area contributed by atoms with Gasteiger partial charge in [0.2, 0.25) is 0 Å². The van der Waals surface area contributed by atoms with Gasteiger partial charge in [0.15, 0.2) is 0 Å². The highest BCUT2D eigenvalue weighted by Crippen LogP contribution is 2.32. The maximum atomic E-state index is 9.32. The topological polar surface area (TPSA) is 84.0 Å². The van der Waals surface area contributed by atoms with E-state index >= 15 is 0 Å². The minimum atomic E-state index is 0.0911. The molecule has 3 N–H and O–H groups in total. The van der Waals surface area contributed by atoms with Crippen molar-refractivity contribution in [3.8, 4) is 11.8 Å². The zero-order valence-corrected chi connectivity index (χ0v) is 11.8. The summed E-state index contributed by atoms with van der Waals surface area (Å²) in [5, 5.41) is 12.7. The second kappa shape index (κ2) is 5.43. The average Bonchev–Trinajstić information content (AvgIpc) is 2.91. The lowest BCUT2D eigenvalue weighted by Gasteiger charge is -2.14. The minimum absolute atomic E-state index is 0.0911. The number of aromatic nitrogens is 1. The quantitative estimate of drug-likeness (QED) is 0.897. The Hall–Kier alpha value is -2.58. The first-order valence-electron chi connectivity index (χ1n) is 6.76. The van der Waals surface area contributed by atoms with Crippen LogP contribution in [0.15, 0.2) is 30.5 Å². The molecule has 2 heterocycles. The van der Waals surface area contributed by atoms with Crippen LogP contribution in [0.3, 0.4) is 0 Å². The molecule has 3 rings (SSSR count). The van der Waals surface area contributed by atoms with Gasteiger partial charge in [0.25, 0.3) is 0 Å². The Labute approximate surface area is 123 Å². The number of methoxy groups -OCH3 is 1. The third kappa shape index (κ3) is 2.41. The Morgan fingerprint density at radius 3 is 2.86 bits per heavy atom. The molecule has 1 aromatic carbocycles. The molecule has 0 radical (unpaired) electrons. The van der Waals surface area contributed by atoms with Crippen molar-refractivity contribution in [2.24, 2.45) is 0 Å². The first-order chi connectivity index (χ1) is 10.2. The van der Waals surface area contributed by atoms with E-state index in [9.17, 15) is 5.26 Å². The maximum Gasteiger partial charge on any atom is 0.141 e. The van der Waals surface area contributed by atoms with Crippen molar-refractivity contribution in [1.29, 1.82) is 5.26 Å². The van der Waals surface area contributed by atoms with E-state index in [1.165, 1.54) is 5.56 Å². The highest BCUT2D eigenvalue weighted by molar-refractivity contribution is 5.58. The summed E-state index contributed by atoms with van der Waals surface area (Å²) in [4.78, 5) is 4.08. The molecule has 0 spiro atoms. The SMILES string of the molecule is COc1ccc(CC2NCc3cnc(N)c(C#N)c32)cc1. The summed E-state index contributed by atoms with van der Waals surface area (Å²) in [6.45, 7) is 0.720. The van der Waals surface area contributed by atoms with Crippen molar-refractivity contribution < 1.29 is 4.74 Å². The largest absolute Gasteiger partial charge is 0.497 e. The van der Waals surface area contributed by atoms with Crippen molar-refractivity contribution in [2.75, 3.05) is 12.8 Å². The van der Waals surface area contributed by atoms with E-state index in [1.54, 1.807) is 13.3 Å². The molecule has 106 valence electrons. The molecule has 21 heavy (non-hydrogen) atoms. The lowest BCUT2D eigenvalue weighted by Crippen LogP contribution is -2.15. The van der Waals surface area contributed by atoms with Gasteiger partial charge in [0.05, 0.1) is 12.7 Å².